The summed E-state index contributed by atoms with van der Waals surface area (Å²) >= 11 is 2.10. The van der Waals surface area contributed by atoms with Crippen molar-refractivity contribution in [3.05, 3.63) is 39.6 Å². The van der Waals surface area contributed by atoms with E-state index < -0.39 is 10.0 Å². The molecule has 5 heteroatoms. The molecule has 0 radical (unpaired) electrons. The quantitative estimate of drug-likeness (QED) is 0.342. The van der Waals surface area contributed by atoms with Gasteiger partial charge in [-0.1, -0.05) is 50.0 Å². The number of allylic oxidation sites excluding steroid dienone is 1. The molecule has 118 valence electrons. The van der Waals surface area contributed by atoms with E-state index in [0.717, 1.165) is 22.1 Å². The van der Waals surface area contributed by atoms with Gasteiger partial charge in [0.05, 0.1) is 8.60 Å². The van der Waals surface area contributed by atoms with Crippen LogP contribution in [0, 0.1) is 6.92 Å². The number of sulfonamides is 1. The minimum absolute atomic E-state index is 0.337. The fourth-order valence-corrected chi connectivity index (χ4v) is 4.09. The lowest BCUT2D eigenvalue weighted by molar-refractivity contribution is 0.536. The largest absolute Gasteiger partial charge is 0.264 e. The summed E-state index contributed by atoms with van der Waals surface area (Å²) in [5.74, 6) is 0. The van der Waals surface area contributed by atoms with Gasteiger partial charge in [-0.3, -0.25) is 4.31 Å². The lowest BCUT2D eigenvalue weighted by atomic mass is 10.1. The molecule has 0 aromatic heterocycles. The van der Waals surface area contributed by atoms with E-state index in [1.165, 1.54) is 23.6 Å². The molecule has 0 amide bonds. The molecule has 0 saturated carbocycles. The maximum Gasteiger partial charge on any atom is 0.264 e. The molecule has 21 heavy (non-hydrogen) atoms. The van der Waals surface area contributed by atoms with Gasteiger partial charge in [0.1, 0.15) is 0 Å². The Bertz CT molecular complexity index is 564. The van der Waals surface area contributed by atoms with Crippen LogP contribution in [0.5, 0.6) is 0 Å². The molecule has 0 atom stereocenters. The molecule has 3 nitrogen and oxygen atoms in total. The summed E-state index contributed by atoms with van der Waals surface area (Å²) in [7, 11) is -1.83. The molecule has 0 heterocycles. The summed E-state index contributed by atoms with van der Waals surface area (Å²) in [6.45, 7) is 4.13. The van der Waals surface area contributed by atoms with Crippen LogP contribution in [0.3, 0.4) is 0 Å². The van der Waals surface area contributed by atoms with Gasteiger partial charge in [0.25, 0.3) is 10.0 Å². The van der Waals surface area contributed by atoms with Crippen molar-refractivity contribution in [3.8, 4) is 0 Å². The summed E-state index contributed by atoms with van der Waals surface area (Å²) in [5, 5.41) is 0. The Morgan fingerprint density at radius 2 is 1.81 bits per heavy atom. The Morgan fingerprint density at radius 3 is 2.38 bits per heavy atom. The van der Waals surface area contributed by atoms with E-state index in [0.29, 0.717) is 4.90 Å². The highest BCUT2D eigenvalue weighted by Gasteiger charge is 2.21. The van der Waals surface area contributed by atoms with Crippen molar-refractivity contribution in [2.75, 3.05) is 7.05 Å². The number of hydrogen-bond donors (Lipinski definition) is 0. The molecule has 0 N–H and O–H groups in total. The average Bonchev–Trinajstić information content (AvgIpc) is 2.46. The number of nitrogens with zero attached hydrogens (tertiary/aromatic N) is 1. The van der Waals surface area contributed by atoms with Crippen LogP contribution >= 0.6 is 22.6 Å². The minimum atomic E-state index is -3.44. The standard InChI is InChI=1S/C16H24INO2S/c1-4-5-6-7-8-9-16(17)18(3)21(19,20)15-12-10-14(2)11-13-15/h9-13H,4-8H2,1-3H3/b16-9-. The summed E-state index contributed by atoms with van der Waals surface area (Å²) in [6.07, 6.45) is 7.68. The van der Waals surface area contributed by atoms with Gasteiger partial charge in [0.2, 0.25) is 0 Å². The third-order valence-electron chi connectivity index (χ3n) is 3.35. The van der Waals surface area contributed by atoms with Crippen molar-refractivity contribution in [2.24, 2.45) is 0 Å². The van der Waals surface area contributed by atoms with Gasteiger partial charge in [0.15, 0.2) is 0 Å². The lowest BCUT2D eigenvalue weighted by Crippen LogP contribution is -2.24. The molecule has 0 fully saturated rings. The average molecular weight is 421 g/mol. The molecule has 0 spiro atoms. The summed E-state index contributed by atoms with van der Waals surface area (Å²) in [6, 6.07) is 6.96. The van der Waals surface area contributed by atoms with Crippen LogP contribution in [0.15, 0.2) is 38.9 Å². The van der Waals surface area contributed by atoms with Crippen molar-refractivity contribution in [1.29, 1.82) is 0 Å². The molecule has 1 aromatic carbocycles. The second-order valence-electron chi connectivity index (χ2n) is 5.16. The SMILES string of the molecule is CCCCCC/C=C(/I)N(C)S(=O)(=O)c1ccc(C)cc1. The summed E-state index contributed by atoms with van der Waals surface area (Å²) < 4.78 is 27.1. The van der Waals surface area contributed by atoms with E-state index in [4.69, 9.17) is 0 Å². The zero-order valence-corrected chi connectivity index (χ0v) is 15.9. The highest BCUT2D eigenvalue weighted by atomic mass is 127. The number of rotatable bonds is 8. The Hall–Kier alpha value is -0.560. The smallest absolute Gasteiger partial charge is 0.264 e. The molecule has 0 bridgehead atoms. The number of aryl methyl sites for hydroxylation is 1. The predicted octanol–water partition coefficient (Wildman–Crippen LogP) is 4.86. The minimum Gasteiger partial charge on any atom is -0.264 e. The Labute approximate surface area is 142 Å². The van der Waals surface area contributed by atoms with Gasteiger partial charge in [-0.25, -0.2) is 8.42 Å². The topological polar surface area (TPSA) is 37.4 Å². The third-order valence-corrected chi connectivity index (χ3v) is 6.63. The molecule has 0 aliphatic rings. The van der Waals surface area contributed by atoms with Crippen molar-refractivity contribution in [2.45, 2.75) is 50.8 Å². The van der Waals surface area contributed by atoms with E-state index in [2.05, 4.69) is 29.5 Å². The van der Waals surface area contributed by atoms with Crippen LogP contribution < -0.4 is 0 Å². The van der Waals surface area contributed by atoms with Crippen LogP contribution in [0.2, 0.25) is 0 Å². The fraction of sp³-hybridized carbons (Fsp3) is 0.500. The number of unbranched alkanes of at least 4 members (excludes halogenated alkanes) is 4. The number of benzene rings is 1. The van der Waals surface area contributed by atoms with Crippen LogP contribution in [0.1, 0.15) is 44.6 Å². The third kappa shape index (κ3) is 5.62. The molecule has 1 aromatic rings. The summed E-state index contributed by atoms with van der Waals surface area (Å²) in [5.41, 5.74) is 1.05. The Morgan fingerprint density at radius 1 is 1.19 bits per heavy atom. The second kappa shape index (κ2) is 8.78. The highest BCUT2D eigenvalue weighted by molar-refractivity contribution is 14.1. The first-order valence-corrected chi connectivity index (χ1v) is 9.82. The van der Waals surface area contributed by atoms with Gasteiger partial charge < -0.3 is 0 Å². The predicted molar refractivity (Wildman–Crippen MR) is 97.0 cm³/mol. The second-order valence-corrected chi connectivity index (χ2v) is 8.24. The maximum atomic E-state index is 12.5. The molecule has 1 rings (SSSR count). The zero-order chi connectivity index (χ0) is 15.9. The van der Waals surface area contributed by atoms with Crippen molar-refractivity contribution in [1.82, 2.24) is 4.31 Å². The van der Waals surface area contributed by atoms with Crippen LogP contribution in [0.25, 0.3) is 0 Å². The number of halogens is 1. The van der Waals surface area contributed by atoms with E-state index in [9.17, 15) is 8.42 Å². The van der Waals surface area contributed by atoms with Crippen LogP contribution in [0.4, 0.5) is 0 Å². The zero-order valence-electron chi connectivity index (χ0n) is 13.0. The van der Waals surface area contributed by atoms with E-state index in [1.54, 1.807) is 19.2 Å². The summed E-state index contributed by atoms with van der Waals surface area (Å²) in [4.78, 5) is 0.337. The van der Waals surface area contributed by atoms with E-state index >= 15 is 0 Å². The molecule has 0 aliphatic carbocycles. The molecular weight excluding hydrogens is 397 g/mol. The van der Waals surface area contributed by atoms with E-state index in [1.807, 2.05) is 25.1 Å². The molecule has 0 unspecified atom stereocenters. The van der Waals surface area contributed by atoms with Crippen molar-refractivity contribution >= 4 is 32.6 Å². The molecular formula is C16H24INO2S. The van der Waals surface area contributed by atoms with Gasteiger partial charge >= 0.3 is 0 Å². The number of hydrogen-bond acceptors (Lipinski definition) is 2. The van der Waals surface area contributed by atoms with Crippen LogP contribution in [-0.4, -0.2) is 19.8 Å². The fourth-order valence-electron chi connectivity index (χ4n) is 1.90. The molecule has 0 aliphatic heterocycles. The Balaban J connectivity index is 2.73. The van der Waals surface area contributed by atoms with Gasteiger partial charge in [-0.15, -0.1) is 0 Å². The van der Waals surface area contributed by atoms with Crippen LogP contribution in [-0.2, 0) is 10.0 Å². The van der Waals surface area contributed by atoms with Gasteiger partial charge in [-0.05, 0) is 54.5 Å². The van der Waals surface area contributed by atoms with Gasteiger partial charge in [0, 0.05) is 7.05 Å². The van der Waals surface area contributed by atoms with Crippen molar-refractivity contribution in [3.63, 3.8) is 0 Å². The lowest BCUT2D eigenvalue weighted by Gasteiger charge is -2.19. The van der Waals surface area contributed by atoms with Crippen molar-refractivity contribution < 1.29 is 8.42 Å². The normalized spacial score (nSPS) is 12.5. The Kier molecular flexibility index (Phi) is 7.73. The van der Waals surface area contributed by atoms with E-state index in [-0.39, 0.29) is 0 Å². The first-order valence-electron chi connectivity index (χ1n) is 7.31. The highest BCUT2D eigenvalue weighted by Crippen LogP contribution is 2.23. The monoisotopic (exact) mass is 421 g/mol. The molecule has 0 saturated heterocycles. The first kappa shape index (κ1) is 18.5. The van der Waals surface area contributed by atoms with Gasteiger partial charge in [-0.2, -0.15) is 0 Å². The maximum absolute atomic E-state index is 12.5. The first-order chi connectivity index (χ1) is 9.89.